The maximum atomic E-state index is 12.8. The molecule has 2 heterocycles. The number of carbonyl (C=O) groups excluding carboxylic acids is 1. The van der Waals surface area contributed by atoms with Crippen LogP contribution in [0.5, 0.6) is 17.2 Å². The Labute approximate surface area is 146 Å². The fraction of sp³-hybridized carbons (Fsp3) is 0.250. The van der Waals surface area contributed by atoms with Gasteiger partial charge in [-0.05, 0) is 41.8 Å². The molecule has 0 atom stereocenters. The van der Waals surface area contributed by atoms with Crippen molar-refractivity contribution < 1.29 is 19.0 Å². The van der Waals surface area contributed by atoms with E-state index in [1.54, 1.807) is 13.2 Å². The number of fused-ring (bicyclic) bond motifs is 1. The largest absolute Gasteiger partial charge is 0.497 e. The van der Waals surface area contributed by atoms with Gasteiger partial charge in [0, 0.05) is 13.1 Å². The van der Waals surface area contributed by atoms with E-state index >= 15 is 0 Å². The van der Waals surface area contributed by atoms with Gasteiger partial charge in [0.25, 0.3) is 5.91 Å². The number of nitrogens with zero attached hydrogens (tertiary/aromatic N) is 1. The minimum atomic E-state index is -0.0209. The third-order valence-electron chi connectivity index (χ3n) is 4.58. The van der Waals surface area contributed by atoms with E-state index in [2.05, 4.69) is 18.2 Å². The van der Waals surface area contributed by atoms with Crippen molar-refractivity contribution in [3.05, 3.63) is 59.7 Å². The molecule has 1 amide bonds. The second-order valence-electron chi connectivity index (χ2n) is 6.00. The number of hydrogen-bond acceptors (Lipinski definition) is 4. The monoisotopic (exact) mass is 337 g/mol. The van der Waals surface area contributed by atoms with E-state index in [1.165, 1.54) is 11.1 Å². The topological polar surface area (TPSA) is 48.0 Å². The first kappa shape index (κ1) is 15.6. The second-order valence-corrected chi connectivity index (χ2v) is 6.00. The third-order valence-corrected chi connectivity index (χ3v) is 4.58. The van der Waals surface area contributed by atoms with E-state index in [4.69, 9.17) is 14.2 Å². The fourth-order valence-corrected chi connectivity index (χ4v) is 3.19. The zero-order valence-corrected chi connectivity index (χ0v) is 14.0. The standard InChI is InChI=1S/C20H19NO4/c1-23-16-7-5-14(6-8-16)15-9-11-21(12-10-15)20(22)17-3-2-4-18-19(17)25-13-24-18/h2-9H,10-13H2,1H3. The summed E-state index contributed by atoms with van der Waals surface area (Å²) in [6.07, 6.45) is 2.94. The van der Waals surface area contributed by atoms with Crippen molar-refractivity contribution in [2.75, 3.05) is 27.0 Å². The molecule has 0 aliphatic carbocycles. The van der Waals surface area contributed by atoms with E-state index in [9.17, 15) is 4.79 Å². The predicted octanol–water partition coefficient (Wildman–Crippen LogP) is 3.35. The van der Waals surface area contributed by atoms with Crippen molar-refractivity contribution in [3.8, 4) is 17.2 Å². The van der Waals surface area contributed by atoms with Gasteiger partial charge in [0.05, 0.1) is 12.7 Å². The van der Waals surface area contributed by atoms with Gasteiger partial charge in [-0.15, -0.1) is 0 Å². The summed E-state index contributed by atoms with van der Waals surface area (Å²) < 4.78 is 16.0. The first-order valence-corrected chi connectivity index (χ1v) is 8.27. The Hall–Kier alpha value is -2.95. The Morgan fingerprint density at radius 2 is 1.96 bits per heavy atom. The summed E-state index contributed by atoms with van der Waals surface area (Å²) in [6.45, 7) is 1.44. The Balaban J connectivity index is 1.50. The van der Waals surface area contributed by atoms with E-state index in [0.717, 1.165) is 12.2 Å². The molecule has 2 aromatic carbocycles. The predicted molar refractivity (Wildman–Crippen MR) is 94.1 cm³/mol. The molecule has 0 radical (unpaired) electrons. The molecule has 5 heteroatoms. The van der Waals surface area contributed by atoms with Crippen LogP contribution in [-0.2, 0) is 0 Å². The third kappa shape index (κ3) is 2.93. The van der Waals surface area contributed by atoms with Crippen LogP contribution in [0.3, 0.4) is 0 Å². The fourth-order valence-electron chi connectivity index (χ4n) is 3.19. The highest BCUT2D eigenvalue weighted by Gasteiger charge is 2.26. The summed E-state index contributed by atoms with van der Waals surface area (Å²) in [7, 11) is 1.66. The lowest BCUT2D eigenvalue weighted by atomic mass is 9.99. The lowest BCUT2D eigenvalue weighted by Crippen LogP contribution is -2.34. The Morgan fingerprint density at radius 1 is 1.12 bits per heavy atom. The van der Waals surface area contributed by atoms with Crippen LogP contribution in [0.2, 0.25) is 0 Å². The lowest BCUT2D eigenvalue weighted by molar-refractivity contribution is 0.0768. The number of ether oxygens (including phenoxy) is 3. The van der Waals surface area contributed by atoms with Crippen LogP contribution in [0.25, 0.3) is 5.57 Å². The van der Waals surface area contributed by atoms with Gasteiger partial charge in [0.1, 0.15) is 5.75 Å². The summed E-state index contributed by atoms with van der Waals surface area (Å²) in [4.78, 5) is 14.7. The summed E-state index contributed by atoms with van der Waals surface area (Å²) >= 11 is 0. The van der Waals surface area contributed by atoms with Crippen molar-refractivity contribution in [1.29, 1.82) is 0 Å². The molecule has 2 aromatic rings. The molecule has 0 unspecified atom stereocenters. The molecule has 2 aliphatic heterocycles. The van der Waals surface area contributed by atoms with Gasteiger partial charge >= 0.3 is 0 Å². The molecular weight excluding hydrogens is 318 g/mol. The first-order valence-electron chi connectivity index (χ1n) is 8.27. The van der Waals surface area contributed by atoms with Gasteiger partial charge in [0.15, 0.2) is 11.5 Å². The highest BCUT2D eigenvalue weighted by atomic mass is 16.7. The zero-order chi connectivity index (χ0) is 17.2. The molecule has 25 heavy (non-hydrogen) atoms. The smallest absolute Gasteiger partial charge is 0.258 e. The highest BCUT2D eigenvalue weighted by Crippen LogP contribution is 2.36. The maximum Gasteiger partial charge on any atom is 0.258 e. The van der Waals surface area contributed by atoms with Crippen molar-refractivity contribution in [1.82, 2.24) is 4.90 Å². The van der Waals surface area contributed by atoms with Crippen molar-refractivity contribution in [2.24, 2.45) is 0 Å². The summed E-state index contributed by atoms with van der Waals surface area (Å²) in [5.41, 5.74) is 2.99. The number of hydrogen-bond donors (Lipinski definition) is 0. The van der Waals surface area contributed by atoms with E-state index in [1.807, 2.05) is 29.2 Å². The Bertz CT molecular complexity index is 826. The molecule has 128 valence electrons. The van der Waals surface area contributed by atoms with Crippen molar-refractivity contribution in [3.63, 3.8) is 0 Å². The normalized spacial score (nSPS) is 15.7. The van der Waals surface area contributed by atoms with Crippen molar-refractivity contribution in [2.45, 2.75) is 6.42 Å². The summed E-state index contributed by atoms with van der Waals surface area (Å²) in [5.74, 6) is 2.01. The lowest BCUT2D eigenvalue weighted by Gasteiger charge is -2.27. The number of para-hydroxylation sites is 1. The van der Waals surface area contributed by atoms with Crippen LogP contribution in [0.15, 0.2) is 48.5 Å². The van der Waals surface area contributed by atoms with Crippen LogP contribution < -0.4 is 14.2 Å². The Morgan fingerprint density at radius 3 is 2.68 bits per heavy atom. The van der Waals surface area contributed by atoms with E-state index in [-0.39, 0.29) is 12.7 Å². The van der Waals surface area contributed by atoms with Gasteiger partial charge < -0.3 is 19.1 Å². The van der Waals surface area contributed by atoms with E-state index in [0.29, 0.717) is 30.2 Å². The van der Waals surface area contributed by atoms with Gasteiger partial charge in [-0.2, -0.15) is 0 Å². The molecule has 0 saturated heterocycles. The minimum absolute atomic E-state index is 0.0209. The van der Waals surface area contributed by atoms with Crippen LogP contribution in [-0.4, -0.2) is 37.8 Å². The quantitative estimate of drug-likeness (QED) is 0.862. The van der Waals surface area contributed by atoms with Crippen LogP contribution in [0, 0.1) is 0 Å². The van der Waals surface area contributed by atoms with Gasteiger partial charge in [-0.1, -0.05) is 24.3 Å². The van der Waals surface area contributed by atoms with Crippen LogP contribution in [0.1, 0.15) is 22.3 Å². The average molecular weight is 337 g/mol. The average Bonchev–Trinajstić information content (AvgIpc) is 3.16. The molecule has 2 aliphatic rings. The molecule has 5 nitrogen and oxygen atoms in total. The number of amides is 1. The maximum absolute atomic E-state index is 12.8. The summed E-state index contributed by atoms with van der Waals surface area (Å²) in [6, 6.07) is 13.4. The number of benzene rings is 2. The molecular formula is C20H19NO4. The number of methoxy groups -OCH3 is 1. The summed E-state index contributed by atoms with van der Waals surface area (Å²) in [5, 5.41) is 0. The zero-order valence-electron chi connectivity index (χ0n) is 14.0. The van der Waals surface area contributed by atoms with Crippen LogP contribution in [0.4, 0.5) is 0 Å². The number of carbonyl (C=O) groups is 1. The molecule has 4 rings (SSSR count). The Kier molecular flexibility index (Phi) is 4.06. The first-order chi connectivity index (χ1) is 12.3. The van der Waals surface area contributed by atoms with Gasteiger partial charge in [-0.3, -0.25) is 4.79 Å². The van der Waals surface area contributed by atoms with Gasteiger partial charge in [0.2, 0.25) is 6.79 Å². The van der Waals surface area contributed by atoms with E-state index < -0.39 is 0 Å². The second kappa shape index (κ2) is 6.51. The van der Waals surface area contributed by atoms with Gasteiger partial charge in [-0.25, -0.2) is 0 Å². The molecule has 0 spiro atoms. The van der Waals surface area contributed by atoms with Crippen LogP contribution >= 0.6 is 0 Å². The minimum Gasteiger partial charge on any atom is -0.497 e. The molecule has 0 bridgehead atoms. The molecule has 0 aromatic heterocycles. The molecule has 0 fully saturated rings. The SMILES string of the molecule is COc1ccc(C2=CCN(C(=O)c3cccc4c3OCO4)CC2)cc1. The van der Waals surface area contributed by atoms with Crippen molar-refractivity contribution >= 4 is 11.5 Å². The molecule has 0 saturated carbocycles. The highest BCUT2D eigenvalue weighted by molar-refractivity contribution is 5.98. The number of rotatable bonds is 3. The molecule has 0 N–H and O–H groups in total.